The average molecular weight is 555 g/mol. The summed E-state index contributed by atoms with van der Waals surface area (Å²) in [5, 5.41) is 1.12. The van der Waals surface area contributed by atoms with E-state index in [1.807, 2.05) is 55.6 Å². The van der Waals surface area contributed by atoms with Gasteiger partial charge in [0.25, 0.3) is 0 Å². The maximum atomic E-state index is 15.1. The molecule has 0 fully saturated rings. The number of aryl methyl sites for hydroxylation is 3. The van der Waals surface area contributed by atoms with Crippen LogP contribution in [0, 0.1) is 5.82 Å². The van der Waals surface area contributed by atoms with Gasteiger partial charge in [-0.15, -0.1) is 0 Å². The Bertz CT molecular complexity index is 1420. The van der Waals surface area contributed by atoms with E-state index in [-0.39, 0.29) is 11.8 Å². The van der Waals surface area contributed by atoms with Gasteiger partial charge in [-0.2, -0.15) is 0 Å². The number of methoxy groups -OCH3 is 1. The zero-order valence-electron chi connectivity index (χ0n) is 21.3. The van der Waals surface area contributed by atoms with Crippen LogP contribution in [-0.2, 0) is 28.9 Å². The van der Waals surface area contributed by atoms with Gasteiger partial charge in [-0.05, 0) is 72.9 Å². The number of halogens is 3. The molecule has 8 heteroatoms. The Morgan fingerprint density at radius 2 is 1.84 bits per heavy atom. The summed E-state index contributed by atoms with van der Waals surface area (Å²) in [6.45, 7) is 3.19. The number of carbonyl (C=O) groups is 1. The lowest BCUT2D eigenvalue weighted by molar-refractivity contribution is -0.140. The van der Waals surface area contributed by atoms with E-state index in [1.54, 1.807) is 18.2 Å². The van der Waals surface area contributed by atoms with Crippen LogP contribution in [0.25, 0.3) is 22.4 Å². The highest BCUT2D eigenvalue weighted by Gasteiger charge is 2.14. The second-order valence-corrected chi connectivity index (χ2v) is 9.66. The van der Waals surface area contributed by atoms with Crippen LogP contribution < -0.4 is 4.74 Å². The summed E-state index contributed by atoms with van der Waals surface area (Å²) in [5.74, 6) is 1.01. The van der Waals surface area contributed by atoms with Crippen molar-refractivity contribution in [1.29, 1.82) is 0 Å². The largest absolute Gasteiger partial charge is 0.494 e. The van der Waals surface area contributed by atoms with E-state index in [0.717, 1.165) is 34.8 Å². The summed E-state index contributed by atoms with van der Waals surface area (Å²) in [6, 6.07) is 18.1. The third-order valence-electron chi connectivity index (χ3n) is 6.27. The lowest BCUT2D eigenvalue weighted by Gasteiger charge is -2.10. The first-order valence-electron chi connectivity index (χ1n) is 12.5. The Morgan fingerprint density at radius 3 is 2.58 bits per heavy atom. The fourth-order valence-electron chi connectivity index (χ4n) is 4.20. The third-order valence-corrected chi connectivity index (χ3v) is 6.81. The number of rotatable bonds is 11. The van der Waals surface area contributed by atoms with Gasteiger partial charge in [0.05, 0.1) is 24.4 Å². The predicted molar refractivity (Wildman–Crippen MR) is 149 cm³/mol. The van der Waals surface area contributed by atoms with Gasteiger partial charge in [-0.3, -0.25) is 4.79 Å². The molecule has 0 bridgehead atoms. The van der Waals surface area contributed by atoms with Crippen LogP contribution in [0.5, 0.6) is 5.75 Å². The normalized spacial score (nSPS) is 11.0. The highest BCUT2D eigenvalue weighted by Crippen LogP contribution is 2.30. The lowest BCUT2D eigenvalue weighted by atomic mass is 10.0. The lowest BCUT2D eigenvalue weighted by Crippen LogP contribution is -2.04. The second kappa shape index (κ2) is 12.9. The number of hydrogen-bond donors (Lipinski definition) is 0. The molecule has 4 rings (SSSR count). The molecule has 3 aromatic carbocycles. The van der Waals surface area contributed by atoms with Crippen LogP contribution in [0.4, 0.5) is 4.39 Å². The van der Waals surface area contributed by atoms with E-state index in [1.165, 1.54) is 7.11 Å². The smallest absolute Gasteiger partial charge is 0.305 e. The molecule has 0 aliphatic rings. The molecule has 0 atom stereocenters. The van der Waals surface area contributed by atoms with Crippen molar-refractivity contribution in [1.82, 2.24) is 9.55 Å². The van der Waals surface area contributed by atoms with Crippen LogP contribution in [0.1, 0.15) is 31.2 Å². The van der Waals surface area contributed by atoms with E-state index < -0.39 is 0 Å². The summed E-state index contributed by atoms with van der Waals surface area (Å²) >= 11 is 12.4. The topological polar surface area (TPSA) is 53.4 Å². The van der Waals surface area contributed by atoms with Gasteiger partial charge >= 0.3 is 5.97 Å². The van der Waals surface area contributed by atoms with Gasteiger partial charge < -0.3 is 14.0 Å². The van der Waals surface area contributed by atoms with E-state index in [0.29, 0.717) is 53.6 Å². The summed E-state index contributed by atoms with van der Waals surface area (Å²) < 4.78 is 27.6. The molecule has 1 aromatic heterocycles. The molecule has 198 valence electrons. The minimum absolute atomic E-state index is 0.261. The summed E-state index contributed by atoms with van der Waals surface area (Å²) in [7, 11) is 1.37. The van der Waals surface area contributed by atoms with Crippen molar-refractivity contribution in [3.8, 4) is 28.1 Å². The zero-order chi connectivity index (χ0) is 27.1. The van der Waals surface area contributed by atoms with Gasteiger partial charge in [0, 0.05) is 36.2 Å². The molecule has 0 saturated heterocycles. The molecular weight excluding hydrogens is 526 g/mol. The van der Waals surface area contributed by atoms with Gasteiger partial charge in [0.1, 0.15) is 17.4 Å². The monoisotopic (exact) mass is 554 g/mol. The highest BCUT2D eigenvalue weighted by molar-refractivity contribution is 6.36. The number of hydrogen-bond acceptors (Lipinski definition) is 4. The van der Waals surface area contributed by atoms with Gasteiger partial charge in [-0.1, -0.05) is 47.5 Å². The number of imidazole rings is 1. The van der Waals surface area contributed by atoms with Crippen molar-refractivity contribution in [2.75, 3.05) is 13.7 Å². The van der Waals surface area contributed by atoms with Crippen molar-refractivity contribution in [2.24, 2.45) is 0 Å². The van der Waals surface area contributed by atoms with Crippen molar-refractivity contribution in [3.05, 3.63) is 94.1 Å². The van der Waals surface area contributed by atoms with E-state index in [2.05, 4.69) is 9.30 Å². The Kier molecular flexibility index (Phi) is 9.43. The minimum atomic E-state index is -0.262. The summed E-state index contributed by atoms with van der Waals surface area (Å²) in [6.07, 6.45) is 3.93. The predicted octanol–water partition coefficient (Wildman–Crippen LogP) is 7.80. The molecule has 0 unspecified atom stereocenters. The third kappa shape index (κ3) is 6.94. The number of benzene rings is 3. The van der Waals surface area contributed by atoms with Gasteiger partial charge in [0.2, 0.25) is 0 Å². The fraction of sp³-hybridized carbons (Fsp3) is 0.267. The molecule has 0 spiro atoms. The average Bonchev–Trinajstić information content (AvgIpc) is 3.33. The van der Waals surface area contributed by atoms with Crippen molar-refractivity contribution in [3.63, 3.8) is 0 Å². The maximum Gasteiger partial charge on any atom is 0.305 e. The van der Waals surface area contributed by atoms with Crippen LogP contribution in [0.15, 0.2) is 66.9 Å². The number of nitrogens with zero attached hydrogens (tertiary/aromatic N) is 2. The molecule has 1 heterocycles. The zero-order valence-corrected chi connectivity index (χ0v) is 22.9. The Hall–Kier alpha value is -3.35. The van der Waals surface area contributed by atoms with Crippen molar-refractivity contribution >= 4 is 29.2 Å². The van der Waals surface area contributed by atoms with Gasteiger partial charge in [-0.25, -0.2) is 9.37 Å². The molecule has 0 aliphatic carbocycles. The second-order valence-electron chi connectivity index (χ2n) is 8.81. The van der Waals surface area contributed by atoms with Crippen LogP contribution >= 0.6 is 23.2 Å². The molecular formula is C30H29Cl2FN2O3. The quantitative estimate of drug-likeness (QED) is 0.140. The van der Waals surface area contributed by atoms with E-state index in [9.17, 15) is 4.79 Å². The number of ether oxygens (including phenoxy) is 2. The van der Waals surface area contributed by atoms with Crippen molar-refractivity contribution in [2.45, 2.75) is 39.2 Å². The first kappa shape index (κ1) is 27.7. The number of esters is 1. The molecule has 0 saturated carbocycles. The summed E-state index contributed by atoms with van der Waals surface area (Å²) in [4.78, 5) is 16.0. The Labute approximate surface area is 232 Å². The number of aromatic nitrogens is 2. The summed E-state index contributed by atoms with van der Waals surface area (Å²) in [5.41, 5.74) is 3.83. The molecule has 0 N–H and O–H groups in total. The SMILES string of the molecule is CCn1cc(-c2ccc(Cl)cc2Cl)nc1CCc1ccc(-c2cccc(OCCCC(=O)OC)c2)cc1F. The fourth-order valence-corrected chi connectivity index (χ4v) is 4.71. The first-order valence-corrected chi connectivity index (χ1v) is 13.2. The Balaban J connectivity index is 1.42. The molecule has 38 heavy (non-hydrogen) atoms. The molecule has 4 aromatic rings. The molecule has 0 aliphatic heterocycles. The van der Waals surface area contributed by atoms with E-state index >= 15 is 4.39 Å². The van der Waals surface area contributed by atoms with Crippen LogP contribution in [-0.4, -0.2) is 29.2 Å². The molecule has 0 amide bonds. The first-order chi connectivity index (χ1) is 18.4. The van der Waals surface area contributed by atoms with Crippen molar-refractivity contribution < 1.29 is 18.7 Å². The highest BCUT2D eigenvalue weighted by atomic mass is 35.5. The minimum Gasteiger partial charge on any atom is -0.494 e. The molecule has 5 nitrogen and oxygen atoms in total. The van der Waals surface area contributed by atoms with Crippen LogP contribution in [0.3, 0.4) is 0 Å². The van der Waals surface area contributed by atoms with E-state index in [4.69, 9.17) is 32.9 Å². The standard InChI is InChI=1S/C30H29Cl2FN2O3/c1-3-35-19-28(25-13-12-23(31)18-26(25)32)34-29(35)14-11-20-9-10-22(17-27(20)33)21-6-4-7-24(16-21)38-15-5-8-30(36)37-2/h4,6-7,9-10,12-13,16-19H,3,5,8,11,14-15H2,1-2H3. The van der Waals surface area contributed by atoms with Gasteiger partial charge in [0.15, 0.2) is 0 Å². The van der Waals surface area contributed by atoms with Crippen LogP contribution in [0.2, 0.25) is 10.0 Å². The Morgan fingerprint density at radius 1 is 1.03 bits per heavy atom. The maximum absolute atomic E-state index is 15.1. The molecule has 0 radical (unpaired) electrons. The number of carbonyl (C=O) groups excluding carboxylic acids is 1.